The largest absolute Gasteiger partial charge is 0.348 e. The standard InChI is InChI=1S/C22H17N5/c23-14-16-6-8-18(9-7-16)20-15-24-21-10-11-22(25-27(20)21)26-13-12-19(26)17-4-2-1-3-5-17/h1-11,15,19H,12-13H2. The van der Waals surface area contributed by atoms with Crippen molar-refractivity contribution in [3.05, 3.63) is 84.1 Å². The first kappa shape index (κ1) is 15.6. The molecule has 0 radical (unpaired) electrons. The van der Waals surface area contributed by atoms with Crippen molar-refractivity contribution in [3.63, 3.8) is 0 Å². The fraction of sp³-hybridized carbons (Fsp3) is 0.136. The van der Waals surface area contributed by atoms with E-state index in [1.807, 2.05) is 53.2 Å². The monoisotopic (exact) mass is 351 g/mol. The first-order valence-electron chi connectivity index (χ1n) is 9.00. The molecule has 27 heavy (non-hydrogen) atoms. The molecule has 130 valence electrons. The summed E-state index contributed by atoms with van der Waals surface area (Å²) in [6, 6.07) is 24.7. The van der Waals surface area contributed by atoms with E-state index in [-0.39, 0.29) is 0 Å². The molecule has 3 heterocycles. The Bertz CT molecular complexity index is 1140. The topological polar surface area (TPSA) is 57.2 Å². The van der Waals surface area contributed by atoms with Crippen molar-refractivity contribution in [2.75, 3.05) is 11.4 Å². The van der Waals surface area contributed by atoms with Crippen molar-refractivity contribution in [2.24, 2.45) is 0 Å². The van der Waals surface area contributed by atoms with Gasteiger partial charge in [0, 0.05) is 12.1 Å². The summed E-state index contributed by atoms with van der Waals surface area (Å²) < 4.78 is 1.89. The van der Waals surface area contributed by atoms with Crippen LogP contribution in [0.2, 0.25) is 0 Å². The SMILES string of the molecule is N#Cc1ccc(-c2cnc3ccc(N4CCC4c4ccccc4)nn23)cc1. The Balaban J connectivity index is 1.53. The van der Waals surface area contributed by atoms with Gasteiger partial charge >= 0.3 is 0 Å². The molecule has 4 aromatic rings. The minimum atomic E-state index is 0.373. The fourth-order valence-corrected chi connectivity index (χ4v) is 3.61. The zero-order valence-electron chi connectivity index (χ0n) is 14.7. The number of benzene rings is 2. The van der Waals surface area contributed by atoms with Gasteiger partial charge in [0.1, 0.15) is 5.82 Å². The van der Waals surface area contributed by atoms with Crippen LogP contribution in [0.25, 0.3) is 16.9 Å². The van der Waals surface area contributed by atoms with Crippen LogP contribution >= 0.6 is 0 Å². The second-order valence-electron chi connectivity index (χ2n) is 6.70. The number of fused-ring (bicyclic) bond motifs is 1. The zero-order valence-corrected chi connectivity index (χ0v) is 14.7. The summed E-state index contributed by atoms with van der Waals surface area (Å²) in [6.07, 6.45) is 2.97. The highest BCUT2D eigenvalue weighted by molar-refractivity contribution is 5.64. The predicted octanol–water partition coefficient (Wildman–Crippen LogP) is 4.22. The van der Waals surface area contributed by atoms with E-state index in [9.17, 15) is 0 Å². The number of hydrogen-bond donors (Lipinski definition) is 0. The average molecular weight is 351 g/mol. The zero-order chi connectivity index (χ0) is 18.2. The lowest BCUT2D eigenvalue weighted by Crippen LogP contribution is -2.41. The van der Waals surface area contributed by atoms with Gasteiger partial charge in [0.05, 0.1) is 29.6 Å². The summed E-state index contributed by atoms with van der Waals surface area (Å²) in [4.78, 5) is 6.81. The number of nitrogens with zero attached hydrogens (tertiary/aromatic N) is 5. The average Bonchev–Trinajstić information content (AvgIpc) is 3.11. The molecule has 2 aromatic heterocycles. The molecule has 0 N–H and O–H groups in total. The van der Waals surface area contributed by atoms with E-state index >= 15 is 0 Å². The van der Waals surface area contributed by atoms with Crippen LogP contribution in [0.15, 0.2) is 72.9 Å². The Hall–Kier alpha value is -3.65. The van der Waals surface area contributed by atoms with E-state index in [0.717, 1.165) is 35.7 Å². The van der Waals surface area contributed by atoms with Crippen LogP contribution in [0.3, 0.4) is 0 Å². The molecule has 2 aromatic carbocycles. The summed E-state index contributed by atoms with van der Waals surface area (Å²) in [7, 11) is 0. The molecule has 5 nitrogen and oxygen atoms in total. The van der Waals surface area contributed by atoms with Crippen LogP contribution in [-0.2, 0) is 0 Å². The quantitative estimate of drug-likeness (QED) is 0.554. The third-order valence-electron chi connectivity index (χ3n) is 5.16. The second-order valence-corrected chi connectivity index (χ2v) is 6.70. The first-order valence-corrected chi connectivity index (χ1v) is 9.00. The lowest BCUT2D eigenvalue weighted by molar-refractivity contribution is 0.458. The van der Waals surface area contributed by atoms with Gasteiger partial charge in [-0.3, -0.25) is 0 Å². The van der Waals surface area contributed by atoms with Crippen molar-refractivity contribution in [1.82, 2.24) is 14.6 Å². The van der Waals surface area contributed by atoms with Gasteiger partial charge in [-0.2, -0.15) is 5.26 Å². The Morgan fingerprint density at radius 2 is 1.78 bits per heavy atom. The summed E-state index contributed by atoms with van der Waals surface area (Å²) in [5.41, 5.74) is 4.70. The van der Waals surface area contributed by atoms with Gasteiger partial charge in [-0.15, -0.1) is 5.10 Å². The Kier molecular flexibility index (Phi) is 3.61. The number of nitriles is 1. The molecule has 0 spiro atoms. The highest BCUT2D eigenvalue weighted by Gasteiger charge is 2.30. The molecule has 1 fully saturated rings. The molecule has 1 unspecified atom stereocenters. The van der Waals surface area contributed by atoms with Crippen molar-refractivity contribution < 1.29 is 0 Å². The number of anilines is 1. The maximum atomic E-state index is 9.00. The van der Waals surface area contributed by atoms with E-state index in [0.29, 0.717) is 11.6 Å². The number of hydrogen-bond acceptors (Lipinski definition) is 4. The lowest BCUT2D eigenvalue weighted by Gasteiger charge is -2.42. The minimum Gasteiger partial charge on any atom is -0.348 e. The Labute approximate surface area is 157 Å². The van der Waals surface area contributed by atoms with Crippen molar-refractivity contribution in [3.8, 4) is 17.3 Å². The third kappa shape index (κ3) is 2.63. The molecule has 0 bridgehead atoms. The second kappa shape index (κ2) is 6.26. The molecule has 1 aliphatic rings. The van der Waals surface area contributed by atoms with Gasteiger partial charge in [0.15, 0.2) is 5.65 Å². The fourth-order valence-electron chi connectivity index (χ4n) is 3.61. The van der Waals surface area contributed by atoms with E-state index in [1.54, 1.807) is 0 Å². The Morgan fingerprint density at radius 3 is 2.48 bits per heavy atom. The normalized spacial score (nSPS) is 16.1. The molecule has 1 atom stereocenters. The predicted molar refractivity (Wildman–Crippen MR) is 104 cm³/mol. The smallest absolute Gasteiger partial charge is 0.154 e. The van der Waals surface area contributed by atoms with Crippen LogP contribution in [-0.4, -0.2) is 21.1 Å². The summed E-state index contributed by atoms with van der Waals surface area (Å²) in [6.45, 7) is 0.999. The third-order valence-corrected chi connectivity index (χ3v) is 5.16. The van der Waals surface area contributed by atoms with E-state index in [1.165, 1.54) is 5.56 Å². The highest BCUT2D eigenvalue weighted by Crippen LogP contribution is 2.36. The molecule has 0 amide bonds. The van der Waals surface area contributed by atoms with Crippen molar-refractivity contribution in [1.29, 1.82) is 5.26 Å². The van der Waals surface area contributed by atoms with Crippen LogP contribution < -0.4 is 4.90 Å². The van der Waals surface area contributed by atoms with Crippen LogP contribution in [0.1, 0.15) is 23.6 Å². The summed E-state index contributed by atoms with van der Waals surface area (Å²) in [5.74, 6) is 0.954. The van der Waals surface area contributed by atoms with Gasteiger partial charge in [-0.1, -0.05) is 42.5 Å². The van der Waals surface area contributed by atoms with Gasteiger partial charge in [0.2, 0.25) is 0 Å². The molecule has 0 aliphatic carbocycles. The van der Waals surface area contributed by atoms with Gasteiger partial charge in [-0.25, -0.2) is 9.50 Å². The molecule has 1 saturated heterocycles. The molecule has 0 saturated carbocycles. The number of rotatable bonds is 3. The first-order chi connectivity index (χ1) is 13.3. The van der Waals surface area contributed by atoms with Gasteiger partial charge < -0.3 is 4.90 Å². The van der Waals surface area contributed by atoms with E-state index < -0.39 is 0 Å². The highest BCUT2D eigenvalue weighted by atomic mass is 15.4. The number of imidazole rings is 1. The maximum Gasteiger partial charge on any atom is 0.154 e. The molecular formula is C22H17N5. The Morgan fingerprint density at radius 1 is 0.963 bits per heavy atom. The number of aromatic nitrogens is 3. The molecule has 1 aliphatic heterocycles. The van der Waals surface area contributed by atoms with Gasteiger partial charge in [-0.05, 0) is 36.2 Å². The van der Waals surface area contributed by atoms with Crippen LogP contribution in [0.4, 0.5) is 5.82 Å². The minimum absolute atomic E-state index is 0.373. The lowest BCUT2D eigenvalue weighted by atomic mass is 9.95. The summed E-state index contributed by atoms with van der Waals surface area (Å²) in [5, 5.41) is 13.9. The van der Waals surface area contributed by atoms with Crippen LogP contribution in [0.5, 0.6) is 0 Å². The van der Waals surface area contributed by atoms with Crippen LogP contribution in [0, 0.1) is 11.3 Å². The van der Waals surface area contributed by atoms with E-state index in [2.05, 4.69) is 40.2 Å². The molecule has 5 rings (SSSR count). The van der Waals surface area contributed by atoms with Crippen molar-refractivity contribution >= 4 is 11.5 Å². The van der Waals surface area contributed by atoms with E-state index in [4.69, 9.17) is 10.4 Å². The molecular weight excluding hydrogens is 334 g/mol. The summed E-state index contributed by atoms with van der Waals surface area (Å²) >= 11 is 0. The van der Waals surface area contributed by atoms with Gasteiger partial charge in [0.25, 0.3) is 0 Å². The molecule has 5 heteroatoms. The van der Waals surface area contributed by atoms with Crippen molar-refractivity contribution in [2.45, 2.75) is 12.5 Å². The maximum absolute atomic E-state index is 9.00.